The van der Waals surface area contributed by atoms with Crippen LogP contribution in [0.1, 0.15) is 44.5 Å². The second-order valence-corrected chi connectivity index (χ2v) is 7.14. The van der Waals surface area contributed by atoms with Crippen molar-refractivity contribution in [3.05, 3.63) is 71.3 Å². The number of anilines is 1. The van der Waals surface area contributed by atoms with Crippen LogP contribution in [0.15, 0.2) is 60.0 Å². The number of rotatable bonds is 6. The summed E-state index contributed by atoms with van der Waals surface area (Å²) in [7, 11) is 0. The number of hydrogen-bond acceptors (Lipinski definition) is 4. The summed E-state index contributed by atoms with van der Waals surface area (Å²) in [6, 6.07) is 12.2. The van der Waals surface area contributed by atoms with E-state index in [-0.39, 0.29) is 23.7 Å². The molecule has 1 atom stereocenters. The van der Waals surface area contributed by atoms with E-state index in [1.807, 2.05) is 44.2 Å². The zero-order valence-electron chi connectivity index (χ0n) is 15.8. The molecule has 0 bridgehead atoms. The summed E-state index contributed by atoms with van der Waals surface area (Å²) in [5, 5.41) is 10.5. The maximum absolute atomic E-state index is 12.9. The monoisotopic (exact) mass is 364 g/mol. The molecular formula is C22H24N2O3. The third kappa shape index (κ3) is 3.63. The molecule has 27 heavy (non-hydrogen) atoms. The fourth-order valence-electron chi connectivity index (χ4n) is 3.35. The second-order valence-electron chi connectivity index (χ2n) is 7.14. The minimum absolute atomic E-state index is 0.121. The van der Waals surface area contributed by atoms with Gasteiger partial charge in [0.15, 0.2) is 11.5 Å². The van der Waals surface area contributed by atoms with Crippen LogP contribution >= 0.6 is 0 Å². The Balaban J connectivity index is 2.10. The lowest BCUT2D eigenvalue weighted by Crippen LogP contribution is -2.31. The first kappa shape index (κ1) is 18.8. The summed E-state index contributed by atoms with van der Waals surface area (Å²) in [6.45, 7) is 5.93. The van der Waals surface area contributed by atoms with Gasteiger partial charge in [-0.1, -0.05) is 39.0 Å². The standard InChI is InChI=1S/C22H24N2O3/c1-4-15-8-10-16(11-9-15)24-20(17-7-5-6-12-23-17)19(21(26)22(24)27)18(25)13-14(2)3/h5-12,14,20,26H,4,13H2,1-3H3. The van der Waals surface area contributed by atoms with E-state index in [0.29, 0.717) is 11.4 Å². The molecule has 1 unspecified atom stereocenters. The van der Waals surface area contributed by atoms with Gasteiger partial charge in [0.25, 0.3) is 5.91 Å². The molecule has 0 aliphatic carbocycles. The molecule has 1 aliphatic rings. The van der Waals surface area contributed by atoms with Crippen molar-refractivity contribution in [2.24, 2.45) is 5.92 Å². The van der Waals surface area contributed by atoms with E-state index in [1.54, 1.807) is 18.3 Å². The Morgan fingerprint density at radius 3 is 2.44 bits per heavy atom. The van der Waals surface area contributed by atoms with Gasteiger partial charge in [0.05, 0.1) is 11.3 Å². The van der Waals surface area contributed by atoms with Gasteiger partial charge in [0.2, 0.25) is 0 Å². The molecule has 0 saturated heterocycles. The van der Waals surface area contributed by atoms with E-state index < -0.39 is 17.7 Å². The largest absolute Gasteiger partial charge is 0.503 e. The van der Waals surface area contributed by atoms with E-state index in [0.717, 1.165) is 12.0 Å². The number of pyridine rings is 1. The quantitative estimate of drug-likeness (QED) is 0.835. The van der Waals surface area contributed by atoms with Crippen LogP contribution in [0.3, 0.4) is 0 Å². The van der Waals surface area contributed by atoms with Crippen molar-refractivity contribution in [2.75, 3.05) is 4.90 Å². The number of aromatic nitrogens is 1. The van der Waals surface area contributed by atoms with E-state index in [4.69, 9.17) is 0 Å². The van der Waals surface area contributed by atoms with Crippen LogP contribution in [0.4, 0.5) is 5.69 Å². The lowest BCUT2D eigenvalue weighted by atomic mass is 9.94. The Morgan fingerprint density at radius 2 is 1.89 bits per heavy atom. The van der Waals surface area contributed by atoms with Crippen LogP contribution in [-0.2, 0) is 16.0 Å². The predicted octanol–water partition coefficient (Wildman–Crippen LogP) is 4.16. The number of Topliss-reactive ketones (excluding diaryl/α,β-unsaturated/α-hetero) is 1. The maximum atomic E-state index is 12.9. The van der Waals surface area contributed by atoms with Gasteiger partial charge >= 0.3 is 0 Å². The Kier molecular flexibility index (Phi) is 5.40. The van der Waals surface area contributed by atoms with Crippen LogP contribution in [0, 0.1) is 5.92 Å². The van der Waals surface area contributed by atoms with Crippen LogP contribution in [0.25, 0.3) is 0 Å². The molecule has 1 aromatic heterocycles. The van der Waals surface area contributed by atoms with Crippen LogP contribution in [0.5, 0.6) is 0 Å². The average molecular weight is 364 g/mol. The highest BCUT2D eigenvalue weighted by atomic mass is 16.3. The number of carbonyl (C=O) groups excluding carboxylic acids is 2. The minimum Gasteiger partial charge on any atom is -0.503 e. The van der Waals surface area contributed by atoms with Crippen molar-refractivity contribution >= 4 is 17.4 Å². The first-order valence-electron chi connectivity index (χ1n) is 9.23. The van der Waals surface area contributed by atoms with E-state index >= 15 is 0 Å². The molecule has 140 valence electrons. The topological polar surface area (TPSA) is 70.5 Å². The zero-order valence-corrected chi connectivity index (χ0v) is 15.8. The Bertz CT molecular complexity index is 870. The van der Waals surface area contributed by atoms with Crippen molar-refractivity contribution in [1.82, 2.24) is 4.98 Å². The maximum Gasteiger partial charge on any atom is 0.294 e. The number of hydrogen-bond donors (Lipinski definition) is 1. The molecule has 0 spiro atoms. The van der Waals surface area contributed by atoms with Crippen LogP contribution in [0.2, 0.25) is 0 Å². The molecule has 1 aliphatic heterocycles. The number of aliphatic hydroxyl groups excluding tert-OH is 1. The summed E-state index contributed by atoms with van der Waals surface area (Å²) < 4.78 is 0. The lowest BCUT2D eigenvalue weighted by Gasteiger charge is -2.26. The molecule has 5 heteroatoms. The van der Waals surface area contributed by atoms with Gasteiger partial charge in [0.1, 0.15) is 6.04 Å². The van der Waals surface area contributed by atoms with Crippen LogP contribution in [-0.4, -0.2) is 21.8 Å². The number of nitrogens with zero attached hydrogens (tertiary/aromatic N) is 2. The first-order chi connectivity index (χ1) is 12.9. The molecular weight excluding hydrogens is 340 g/mol. The van der Waals surface area contributed by atoms with Gasteiger partial charge in [-0.2, -0.15) is 0 Å². The fraction of sp³-hybridized carbons (Fsp3) is 0.318. The molecule has 0 radical (unpaired) electrons. The summed E-state index contributed by atoms with van der Waals surface area (Å²) >= 11 is 0. The number of carbonyl (C=O) groups is 2. The number of aryl methyl sites for hydroxylation is 1. The van der Waals surface area contributed by atoms with Crippen molar-refractivity contribution < 1.29 is 14.7 Å². The first-order valence-corrected chi connectivity index (χ1v) is 9.23. The Labute approximate surface area is 159 Å². The van der Waals surface area contributed by atoms with Gasteiger partial charge in [-0.05, 0) is 42.2 Å². The summed E-state index contributed by atoms with van der Waals surface area (Å²) in [4.78, 5) is 31.6. The van der Waals surface area contributed by atoms with Gasteiger partial charge in [-0.3, -0.25) is 19.5 Å². The zero-order chi connectivity index (χ0) is 19.6. The third-order valence-corrected chi connectivity index (χ3v) is 4.69. The highest BCUT2D eigenvalue weighted by molar-refractivity contribution is 6.16. The minimum atomic E-state index is -0.725. The van der Waals surface area contributed by atoms with Gasteiger partial charge in [0, 0.05) is 18.3 Å². The molecule has 3 rings (SSSR count). The number of ketones is 1. The smallest absolute Gasteiger partial charge is 0.294 e. The predicted molar refractivity (Wildman–Crippen MR) is 104 cm³/mol. The molecule has 2 heterocycles. The Morgan fingerprint density at radius 1 is 1.19 bits per heavy atom. The highest BCUT2D eigenvalue weighted by Crippen LogP contribution is 2.40. The number of amides is 1. The van der Waals surface area contributed by atoms with Gasteiger partial charge < -0.3 is 5.11 Å². The molecule has 5 nitrogen and oxygen atoms in total. The number of aliphatic hydroxyl groups is 1. The average Bonchev–Trinajstić information content (AvgIpc) is 2.93. The molecule has 0 fully saturated rings. The van der Waals surface area contributed by atoms with Gasteiger partial charge in [-0.15, -0.1) is 0 Å². The molecule has 1 aromatic carbocycles. The number of benzene rings is 1. The van der Waals surface area contributed by atoms with Crippen molar-refractivity contribution in [1.29, 1.82) is 0 Å². The summed E-state index contributed by atoms with van der Waals surface area (Å²) in [5.74, 6) is -1.15. The summed E-state index contributed by atoms with van der Waals surface area (Å²) in [6.07, 6.45) is 2.77. The van der Waals surface area contributed by atoms with E-state index in [1.165, 1.54) is 4.90 Å². The second kappa shape index (κ2) is 7.74. The molecule has 2 aromatic rings. The molecule has 0 saturated carbocycles. The van der Waals surface area contributed by atoms with E-state index in [9.17, 15) is 14.7 Å². The van der Waals surface area contributed by atoms with Gasteiger partial charge in [-0.25, -0.2) is 0 Å². The van der Waals surface area contributed by atoms with E-state index in [2.05, 4.69) is 11.9 Å². The normalized spacial score (nSPS) is 17.1. The van der Waals surface area contributed by atoms with Crippen molar-refractivity contribution in [3.63, 3.8) is 0 Å². The van der Waals surface area contributed by atoms with Crippen molar-refractivity contribution in [3.8, 4) is 0 Å². The van der Waals surface area contributed by atoms with Crippen molar-refractivity contribution in [2.45, 2.75) is 39.7 Å². The molecule has 1 amide bonds. The van der Waals surface area contributed by atoms with Crippen LogP contribution < -0.4 is 4.90 Å². The molecule has 1 N–H and O–H groups in total. The lowest BCUT2D eigenvalue weighted by molar-refractivity contribution is -0.118. The fourth-order valence-corrected chi connectivity index (χ4v) is 3.35. The Hall–Kier alpha value is -2.95. The summed E-state index contributed by atoms with van der Waals surface area (Å²) in [5.41, 5.74) is 2.47. The third-order valence-electron chi connectivity index (χ3n) is 4.69. The SMILES string of the molecule is CCc1ccc(N2C(=O)C(O)=C(C(=O)CC(C)C)C2c2ccccn2)cc1. The highest BCUT2D eigenvalue weighted by Gasteiger charge is 2.44.